The van der Waals surface area contributed by atoms with Crippen LogP contribution < -0.4 is 10.6 Å². The summed E-state index contributed by atoms with van der Waals surface area (Å²) in [5.74, 6) is 0.955. The van der Waals surface area contributed by atoms with Gasteiger partial charge >= 0.3 is 0 Å². The Morgan fingerprint density at radius 3 is 2.59 bits per heavy atom. The van der Waals surface area contributed by atoms with Gasteiger partial charge < -0.3 is 15.4 Å². The van der Waals surface area contributed by atoms with Crippen molar-refractivity contribution in [3.8, 4) is 0 Å². The molecule has 2 heterocycles. The van der Waals surface area contributed by atoms with Crippen LogP contribution in [0.15, 0.2) is 30.3 Å². The van der Waals surface area contributed by atoms with Crippen LogP contribution in [-0.4, -0.2) is 35.1 Å². The molecule has 0 radical (unpaired) electrons. The van der Waals surface area contributed by atoms with Gasteiger partial charge in [-0.05, 0) is 42.9 Å². The lowest BCUT2D eigenvalue weighted by Gasteiger charge is -2.19. The summed E-state index contributed by atoms with van der Waals surface area (Å²) >= 11 is 0. The third kappa shape index (κ3) is 5.26. The highest BCUT2D eigenvalue weighted by Gasteiger charge is 2.17. The number of amides is 1. The van der Waals surface area contributed by atoms with Gasteiger partial charge in [-0.25, -0.2) is 9.97 Å². The quantitative estimate of drug-likeness (QED) is 0.836. The van der Waals surface area contributed by atoms with E-state index in [-0.39, 0.29) is 17.4 Å². The number of rotatable bonds is 5. The lowest BCUT2D eigenvalue weighted by Crippen LogP contribution is -2.20. The Hall–Kier alpha value is -2.47. The second-order valence-electron chi connectivity index (χ2n) is 7.98. The van der Waals surface area contributed by atoms with E-state index in [0.29, 0.717) is 23.9 Å². The molecule has 1 atom stereocenters. The first-order valence-electron chi connectivity index (χ1n) is 9.44. The Balaban J connectivity index is 1.66. The van der Waals surface area contributed by atoms with Crippen molar-refractivity contribution in [1.82, 2.24) is 9.97 Å². The van der Waals surface area contributed by atoms with E-state index in [2.05, 4.69) is 41.4 Å². The van der Waals surface area contributed by atoms with Crippen molar-refractivity contribution < 1.29 is 9.53 Å². The summed E-state index contributed by atoms with van der Waals surface area (Å²) in [5.41, 5.74) is 2.39. The summed E-state index contributed by atoms with van der Waals surface area (Å²) in [5, 5.41) is 6.16. The fourth-order valence-electron chi connectivity index (χ4n) is 3.05. The highest BCUT2D eigenvalue weighted by molar-refractivity contribution is 6.03. The number of aromatic nitrogens is 2. The third-order valence-electron chi connectivity index (χ3n) is 4.61. The second-order valence-corrected chi connectivity index (χ2v) is 7.98. The van der Waals surface area contributed by atoms with Gasteiger partial charge in [0.2, 0.25) is 0 Å². The third-order valence-corrected chi connectivity index (χ3v) is 4.61. The molecule has 1 aliphatic heterocycles. The molecule has 27 heavy (non-hydrogen) atoms. The fraction of sp³-hybridized carbons (Fsp3) is 0.476. The lowest BCUT2D eigenvalue weighted by molar-refractivity contribution is 0.102. The van der Waals surface area contributed by atoms with Gasteiger partial charge in [0.1, 0.15) is 17.3 Å². The second kappa shape index (κ2) is 8.05. The number of carbonyl (C=O) groups excluding carboxylic acids is 1. The number of benzene rings is 1. The van der Waals surface area contributed by atoms with E-state index < -0.39 is 0 Å². The zero-order valence-corrected chi connectivity index (χ0v) is 16.5. The number of hydrogen-bond donors (Lipinski definition) is 2. The van der Waals surface area contributed by atoms with E-state index in [4.69, 9.17) is 4.74 Å². The van der Waals surface area contributed by atoms with Crippen molar-refractivity contribution in [2.75, 3.05) is 23.8 Å². The first-order valence-corrected chi connectivity index (χ1v) is 9.44. The Kier molecular flexibility index (Phi) is 5.75. The Labute approximate surface area is 160 Å². The molecular weight excluding hydrogens is 340 g/mol. The summed E-state index contributed by atoms with van der Waals surface area (Å²) in [6.45, 7) is 9.77. The first-order chi connectivity index (χ1) is 12.8. The van der Waals surface area contributed by atoms with Gasteiger partial charge in [-0.1, -0.05) is 32.9 Å². The number of hydrogen-bond acceptors (Lipinski definition) is 5. The zero-order valence-electron chi connectivity index (χ0n) is 16.5. The van der Waals surface area contributed by atoms with Crippen LogP contribution in [0, 0.1) is 6.92 Å². The minimum atomic E-state index is -0.246. The predicted octanol–water partition coefficient (Wildman–Crippen LogP) is 3.93. The van der Waals surface area contributed by atoms with Gasteiger partial charge in [-0.2, -0.15) is 0 Å². The summed E-state index contributed by atoms with van der Waals surface area (Å²) < 4.78 is 5.61. The van der Waals surface area contributed by atoms with E-state index in [1.807, 2.05) is 24.3 Å². The molecule has 0 spiro atoms. The maximum absolute atomic E-state index is 12.6. The zero-order chi connectivity index (χ0) is 19.4. The topological polar surface area (TPSA) is 76.1 Å². The molecule has 6 nitrogen and oxygen atoms in total. The molecule has 6 heteroatoms. The molecule has 1 amide bonds. The van der Waals surface area contributed by atoms with Gasteiger partial charge in [0.15, 0.2) is 0 Å². The molecule has 1 saturated heterocycles. The summed E-state index contributed by atoms with van der Waals surface area (Å²) in [6, 6.07) is 9.60. The molecule has 3 rings (SSSR count). The average Bonchev–Trinajstić information content (AvgIpc) is 3.13. The molecule has 144 valence electrons. The smallest absolute Gasteiger partial charge is 0.274 e. The minimum Gasteiger partial charge on any atom is -0.376 e. The Morgan fingerprint density at radius 2 is 1.96 bits per heavy atom. The summed E-state index contributed by atoms with van der Waals surface area (Å²) in [6.07, 6.45) is 2.35. The van der Waals surface area contributed by atoms with E-state index in [0.717, 1.165) is 25.1 Å². The van der Waals surface area contributed by atoms with Crippen LogP contribution >= 0.6 is 0 Å². The highest BCUT2D eigenvalue weighted by atomic mass is 16.5. The molecule has 2 N–H and O–H groups in total. The van der Waals surface area contributed by atoms with Crippen LogP contribution in [0.5, 0.6) is 0 Å². The number of aryl methyl sites for hydroxylation is 1. The first kappa shape index (κ1) is 19.3. The molecule has 0 saturated carbocycles. The molecule has 1 fully saturated rings. The molecule has 0 aliphatic carbocycles. The van der Waals surface area contributed by atoms with Crippen LogP contribution in [0.1, 0.15) is 55.5 Å². The maximum Gasteiger partial charge on any atom is 0.274 e. The number of nitrogens with zero attached hydrogens (tertiary/aromatic N) is 2. The molecule has 1 unspecified atom stereocenters. The highest BCUT2D eigenvalue weighted by Crippen LogP contribution is 2.23. The van der Waals surface area contributed by atoms with Crippen molar-refractivity contribution >= 4 is 17.4 Å². The van der Waals surface area contributed by atoms with E-state index in [9.17, 15) is 4.79 Å². The minimum absolute atomic E-state index is 0.0793. The molecule has 1 aromatic carbocycles. The van der Waals surface area contributed by atoms with Crippen molar-refractivity contribution in [3.05, 3.63) is 47.4 Å². The van der Waals surface area contributed by atoms with E-state index >= 15 is 0 Å². The largest absolute Gasteiger partial charge is 0.376 e. The molecule has 1 aliphatic rings. The van der Waals surface area contributed by atoms with Crippen LogP contribution in [-0.2, 0) is 10.2 Å². The van der Waals surface area contributed by atoms with Crippen LogP contribution in [0.2, 0.25) is 0 Å². The fourth-order valence-corrected chi connectivity index (χ4v) is 3.05. The van der Waals surface area contributed by atoms with Crippen molar-refractivity contribution in [1.29, 1.82) is 0 Å². The monoisotopic (exact) mass is 368 g/mol. The van der Waals surface area contributed by atoms with Crippen LogP contribution in [0.3, 0.4) is 0 Å². The number of ether oxygens (including phenoxy) is 1. The summed E-state index contributed by atoms with van der Waals surface area (Å²) in [7, 11) is 0. The number of nitrogens with one attached hydrogen (secondary N) is 2. The molecular formula is C21H28N4O2. The average molecular weight is 368 g/mol. The summed E-state index contributed by atoms with van der Waals surface area (Å²) in [4.78, 5) is 21.2. The van der Waals surface area contributed by atoms with Crippen LogP contribution in [0.4, 0.5) is 11.5 Å². The van der Waals surface area contributed by atoms with E-state index in [1.165, 1.54) is 5.56 Å². The van der Waals surface area contributed by atoms with Gasteiger partial charge in [0.05, 0.1) is 6.10 Å². The number of anilines is 2. The number of carbonyl (C=O) groups is 1. The Morgan fingerprint density at radius 1 is 1.22 bits per heavy atom. The maximum atomic E-state index is 12.6. The van der Waals surface area contributed by atoms with Gasteiger partial charge in [0.25, 0.3) is 5.91 Å². The van der Waals surface area contributed by atoms with E-state index in [1.54, 1.807) is 13.0 Å². The molecule has 1 aromatic heterocycles. The van der Waals surface area contributed by atoms with Crippen molar-refractivity contribution in [3.63, 3.8) is 0 Å². The SMILES string of the molecule is Cc1nc(NCC2CCCO2)cc(C(=O)Nc2ccc(C(C)(C)C)cc2)n1. The van der Waals surface area contributed by atoms with Gasteiger partial charge in [-0.3, -0.25) is 4.79 Å². The molecule has 2 aromatic rings. The Bertz CT molecular complexity index is 791. The van der Waals surface area contributed by atoms with Gasteiger partial charge in [0, 0.05) is 24.9 Å². The van der Waals surface area contributed by atoms with Crippen molar-refractivity contribution in [2.45, 2.75) is 52.1 Å². The van der Waals surface area contributed by atoms with Crippen LogP contribution in [0.25, 0.3) is 0 Å². The molecule has 0 bridgehead atoms. The predicted molar refractivity (Wildman–Crippen MR) is 107 cm³/mol. The lowest BCUT2D eigenvalue weighted by atomic mass is 9.87. The van der Waals surface area contributed by atoms with Gasteiger partial charge in [-0.15, -0.1) is 0 Å². The normalized spacial score (nSPS) is 17.0. The van der Waals surface area contributed by atoms with Crippen molar-refractivity contribution in [2.24, 2.45) is 0 Å². The standard InChI is InChI=1S/C21H28N4O2/c1-14-23-18(12-19(24-14)22-13-17-6-5-11-27-17)20(26)25-16-9-7-15(8-10-16)21(2,3)4/h7-10,12,17H,5-6,11,13H2,1-4H3,(H,25,26)(H,22,23,24).